The minimum Gasteiger partial charge on any atom is -0.810 e. The summed E-state index contributed by atoms with van der Waals surface area (Å²) in [5, 5.41) is 10.9. The molecular formula is C5H8N2OU. The largest absolute Gasteiger partial charge is 2.00 e. The maximum Gasteiger partial charge on any atom is 2.00 e. The zero-order valence-corrected chi connectivity index (χ0v) is 9.60. The Morgan fingerprint density at radius 2 is 2.22 bits per heavy atom. The first kappa shape index (κ1) is 11.9. The minimum atomic E-state index is -0.285. The Kier molecular flexibility index (Phi) is 8.37. The SMILES string of the molecule is CC(=[N-])[C@H](C)N[C-]=O.[U+2]. The summed E-state index contributed by atoms with van der Waals surface area (Å²) in [5.41, 5.74) is 0.188. The first-order chi connectivity index (χ1) is 3.68. The maximum absolute atomic E-state index is 9.56. The number of hydrogen-bond acceptors (Lipinski definition) is 1. The summed E-state index contributed by atoms with van der Waals surface area (Å²) in [5.74, 6) is 0. The molecule has 1 amide bonds. The average molecular weight is 350 g/mol. The van der Waals surface area contributed by atoms with Gasteiger partial charge in [0.1, 0.15) is 0 Å². The Labute approximate surface area is 78.5 Å². The average Bonchev–Trinajstić information content (AvgIpc) is 1.67. The van der Waals surface area contributed by atoms with Gasteiger partial charge in [-0.2, -0.15) is 12.1 Å². The molecule has 0 heterocycles. The number of nitrogens with zero attached hydrogens (tertiary/aromatic N) is 1. The summed E-state index contributed by atoms with van der Waals surface area (Å²) in [4.78, 5) is 9.56. The van der Waals surface area contributed by atoms with E-state index in [2.05, 4.69) is 5.32 Å². The minimum absolute atomic E-state index is 0. The number of hydrogen-bond donors (Lipinski definition) is 1. The third kappa shape index (κ3) is 6.07. The van der Waals surface area contributed by atoms with Crippen LogP contribution in [0, 0.1) is 31.1 Å². The molecule has 9 heavy (non-hydrogen) atoms. The van der Waals surface area contributed by atoms with Gasteiger partial charge in [0.05, 0.1) is 0 Å². The summed E-state index contributed by atoms with van der Waals surface area (Å²) in [6.45, 7) is 3.19. The Hall–Kier alpha value is 0.192. The van der Waals surface area contributed by atoms with Gasteiger partial charge in [0.2, 0.25) is 0 Å². The van der Waals surface area contributed by atoms with E-state index >= 15 is 0 Å². The van der Waals surface area contributed by atoms with Crippen molar-refractivity contribution in [1.29, 1.82) is 0 Å². The molecule has 0 aromatic heterocycles. The van der Waals surface area contributed by atoms with Gasteiger partial charge in [-0.05, 0) is 13.0 Å². The summed E-state index contributed by atoms with van der Waals surface area (Å²) in [7, 11) is 0. The van der Waals surface area contributed by atoms with Crippen LogP contribution in [0.3, 0.4) is 0 Å². The van der Waals surface area contributed by atoms with Crippen LogP contribution < -0.4 is 5.32 Å². The molecule has 0 saturated heterocycles. The summed E-state index contributed by atoms with van der Waals surface area (Å²) in [6, 6.07) is -0.285. The molecule has 0 aliphatic heterocycles. The molecule has 0 aliphatic carbocycles. The van der Waals surface area contributed by atoms with Crippen LogP contribution in [0.5, 0.6) is 0 Å². The number of amides is 1. The molecule has 1 N–H and O–H groups in total. The van der Waals surface area contributed by atoms with Gasteiger partial charge in [0, 0.05) is 0 Å². The summed E-state index contributed by atoms with van der Waals surface area (Å²) >= 11 is 0. The predicted octanol–water partition coefficient (Wildman–Crippen LogP) is 0.0620. The molecule has 0 aliphatic rings. The summed E-state index contributed by atoms with van der Waals surface area (Å²) in [6.07, 6.45) is 1.47. The smallest absolute Gasteiger partial charge is 0.810 e. The van der Waals surface area contributed by atoms with E-state index in [0.29, 0.717) is 0 Å². The van der Waals surface area contributed by atoms with Crippen molar-refractivity contribution >= 4 is 12.1 Å². The van der Waals surface area contributed by atoms with Crippen molar-refractivity contribution in [1.82, 2.24) is 5.32 Å². The van der Waals surface area contributed by atoms with Crippen LogP contribution in [0.15, 0.2) is 0 Å². The molecule has 0 fully saturated rings. The number of carbonyl (C=O) groups excluding carboxylic acids is 1. The Bertz CT molecular complexity index is 105. The van der Waals surface area contributed by atoms with Crippen LogP contribution in [0.2, 0.25) is 0 Å². The van der Waals surface area contributed by atoms with Crippen molar-refractivity contribution in [3.63, 3.8) is 0 Å². The van der Waals surface area contributed by atoms with E-state index in [4.69, 9.17) is 5.41 Å². The molecule has 0 bridgehead atoms. The molecule has 0 spiro atoms. The molecule has 0 unspecified atom stereocenters. The second-order valence-electron chi connectivity index (χ2n) is 1.61. The molecule has 0 radical (unpaired) electrons. The van der Waals surface area contributed by atoms with Gasteiger partial charge < -0.3 is 15.5 Å². The second-order valence-corrected chi connectivity index (χ2v) is 1.61. The fourth-order valence-electron chi connectivity index (χ4n) is 0.193. The number of nitrogens with one attached hydrogen (secondary N) is 1. The van der Waals surface area contributed by atoms with Crippen LogP contribution in [0.25, 0.3) is 5.41 Å². The Balaban J connectivity index is 0. The fraction of sp³-hybridized carbons (Fsp3) is 0.600. The van der Waals surface area contributed by atoms with Gasteiger partial charge in [0.25, 0.3) is 0 Å². The van der Waals surface area contributed by atoms with Crippen molar-refractivity contribution in [3.05, 3.63) is 5.41 Å². The van der Waals surface area contributed by atoms with Crippen LogP contribution in [0.4, 0.5) is 0 Å². The van der Waals surface area contributed by atoms with Crippen LogP contribution in [-0.2, 0) is 4.79 Å². The summed E-state index contributed by atoms with van der Waals surface area (Å²) < 4.78 is 0. The first-order valence-electron chi connectivity index (χ1n) is 2.33. The molecule has 0 aromatic rings. The second kappa shape index (κ2) is 6.31. The maximum atomic E-state index is 9.56. The number of rotatable bonds is 3. The third-order valence-electron chi connectivity index (χ3n) is 0.902. The van der Waals surface area contributed by atoms with Crippen molar-refractivity contribution < 1.29 is 35.9 Å². The van der Waals surface area contributed by atoms with E-state index in [9.17, 15) is 4.79 Å². The molecule has 48 valence electrons. The quantitative estimate of drug-likeness (QED) is 0.437. The molecular weight excluding hydrogens is 342 g/mol. The van der Waals surface area contributed by atoms with E-state index in [1.165, 1.54) is 13.3 Å². The normalized spacial score (nSPS) is 10.9. The van der Waals surface area contributed by atoms with Gasteiger partial charge in [0.15, 0.2) is 0 Å². The van der Waals surface area contributed by atoms with Crippen molar-refractivity contribution in [3.8, 4) is 0 Å². The monoisotopic (exact) mass is 350 g/mol. The van der Waals surface area contributed by atoms with E-state index in [-0.39, 0.29) is 42.9 Å². The molecule has 4 heteroatoms. The van der Waals surface area contributed by atoms with E-state index < -0.39 is 0 Å². The van der Waals surface area contributed by atoms with Gasteiger partial charge in [-0.1, -0.05) is 6.92 Å². The van der Waals surface area contributed by atoms with Gasteiger partial charge in [-0.25, -0.2) is 0 Å². The van der Waals surface area contributed by atoms with Gasteiger partial charge >= 0.3 is 31.1 Å². The van der Waals surface area contributed by atoms with Crippen molar-refractivity contribution in [2.45, 2.75) is 19.9 Å². The van der Waals surface area contributed by atoms with Gasteiger partial charge in [-0.3, -0.25) is 0 Å². The van der Waals surface area contributed by atoms with Gasteiger partial charge in [-0.15, -0.1) is 0 Å². The van der Waals surface area contributed by atoms with E-state index in [0.717, 1.165) is 0 Å². The molecule has 0 aromatic carbocycles. The third-order valence-corrected chi connectivity index (χ3v) is 0.902. The topological polar surface area (TPSA) is 51.4 Å². The Morgan fingerprint density at radius 1 is 1.78 bits per heavy atom. The molecule has 0 saturated carbocycles. The predicted molar refractivity (Wildman–Crippen MR) is 32.3 cm³/mol. The Morgan fingerprint density at radius 3 is 2.33 bits per heavy atom. The zero-order chi connectivity index (χ0) is 6.57. The molecule has 0 rings (SSSR count). The van der Waals surface area contributed by atoms with Crippen molar-refractivity contribution in [2.24, 2.45) is 0 Å². The van der Waals surface area contributed by atoms with Crippen LogP contribution in [0.1, 0.15) is 13.8 Å². The van der Waals surface area contributed by atoms with Crippen LogP contribution >= 0.6 is 0 Å². The fourth-order valence-corrected chi connectivity index (χ4v) is 0.193. The van der Waals surface area contributed by atoms with Crippen LogP contribution in [-0.4, -0.2) is 18.2 Å². The van der Waals surface area contributed by atoms with E-state index in [1.54, 1.807) is 6.92 Å². The van der Waals surface area contributed by atoms with Crippen molar-refractivity contribution in [2.75, 3.05) is 0 Å². The zero-order valence-electron chi connectivity index (χ0n) is 5.43. The van der Waals surface area contributed by atoms with E-state index in [1.807, 2.05) is 0 Å². The first-order valence-corrected chi connectivity index (χ1v) is 2.33. The molecule has 1 atom stereocenters. The molecule has 3 nitrogen and oxygen atoms in total. The standard InChI is InChI=1S/C5H8N2O.U/c1-4(6)5(2)7-3-8;/h5H,1-2H3,(H,7,8);/q-2;+2/t5-;/m0./s1.